The predicted molar refractivity (Wildman–Crippen MR) is 81.9 cm³/mol. The van der Waals surface area contributed by atoms with E-state index < -0.39 is 0 Å². The smallest absolute Gasteiger partial charge is 0.250 e. The van der Waals surface area contributed by atoms with E-state index in [1.54, 1.807) is 28.6 Å². The summed E-state index contributed by atoms with van der Waals surface area (Å²) in [6.07, 6.45) is 3.25. The van der Waals surface area contributed by atoms with Crippen molar-refractivity contribution in [3.8, 4) is 5.75 Å². The van der Waals surface area contributed by atoms with Crippen LogP contribution in [0.4, 0.5) is 0 Å². The lowest BCUT2D eigenvalue weighted by Gasteiger charge is -2.09. The summed E-state index contributed by atoms with van der Waals surface area (Å²) in [4.78, 5) is 16.0. The van der Waals surface area contributed by atoms with Crippen LogP contribution in [0.5, 0.6) is 5.75 Å². The van der Waals surface area contributed by atoms with Gasteiger partial charge in [-0.2, -0.15) is 5.10 Å². The van der Waals surface area contributed by atoms with Gasteiger partial charge in [-0.25, -0.2) is 9.67 Å². The Morgan fingerprint density at radius 3 is 2.86 bits per heavy atom. The minimum absolute atomic E-state index is 0.0570. The van der Waals surface area contributed by atoms with Gasteiger partial charge in [-0.1, -0.05) is 18.2 Å². The molecule has 3 rings (SSSR count). The van der Waals surface area contributed by atoms with Crippen LogP contribution >= 0.6 is 0 Å². The van der Waals surface area contributed by atoms with Gasteiger partial charge in [0.25, 0.3) is 5.56 Å². The first kappa shape index (κ1) is 14.1. The van der Waals surface area contributed by atoms with Crippen LogP contribution in [-0.2, 0) is 13.1 Å². The molecule has 0 aliphatic heterocycles. The Morgan fingerprint density at radius 2 is 2.05 bits per heavy atom. The first-order chi connectivity index (χ1) is 10.8. The maximum atomic E-state index is 11.8. The monoisotopic (exact) mass is 296 g/mol. The van der Waals surface area contributed by atoms with Gasteiger partial charge < -0.3 is 9.30 Å². The molecule has 112 valence electrons. The van der Waals surface area contributed by atoms with Gasteiger partial charge in [0.15, 0.2) is 0 Å². The number of pyridine rings is 1. The minimum Gasteiger partial charge on any atom is -0.497 e. The number of hydrogen-bond acceptors (Lipinski definition) is 4. The summed E-state index contributed by atoms with van der Waals surface area (Å²) in [5, 5.41) is 4.24. The number of methoxy groups -OCH3 is 1. The molecule has 0 saturated heterocycles. The molecule has 22 heavy (non-hydrogen) atoms. The molecule has 0 radical (unpaired) electrons. The maximum Gasteiger partial charge on any atom is 0.250 e. The zero-order chi connectivity index (χ0) is 15.4. The van der Waals surface area contributed by atoms with Crippen LogP contribution in [0.3, 0.4) is 0 Å². The van der Waals surface area contributed by atoms with Gasteiger partial charge in [-0.15, -0.1) is 0 Å². The Labute approximate surface area is 127 Å². The predicted octanol–water partition coefficient (Wildman–Crippen LogP) is 1.54. The quantitative estimate of drug-likeness (QED) is 0.716. The van der Waals surface area contributed by atoms with Gasteiger partial charge in [-0.3, -0.25) is 4.79 Å². The zero-order valence-corrected chi connectivity index (χ0v) is 12.2. The van der Waals surface area contributed by atoms with E-state index in [4.69, 9.17) is 4.74 Å². The summed E-state index contributed by atoms with van der Waals surface area (Å²) in [6.45, 7) is 0.970. The van der Waals surface area contributed by atoms with E-state index >= 15 is 0 Å². The SMILES string of the molecule is COc1cccc(Cn2ncnc2Cn2ccccc2=O)c1. The van der Waals surface area contributed by atoms with Crippen LogP contribution in [0, 0.1) is 0 Å². The van der Waals surface area contributed by atoms with E-state index in [-0.39, 0.29) is 5.56 Å². The molecule has 0 saturated carbocycles. The fourth-order valence-electron chi connectivity index (χ4n) is 2.23. The Bertz CT molecular complexity index is 823. The molecular formula is C16H16N4O2. The van der Waals surface area contributed by atoms with Gasteiger partial charge in [0.1, 0.15) is 17.9 Å². The second kappa shape index (κ2) is 6.26. The summed E-state index contributed by atoms with van der Waals surface area (Å²) >= 11 is 0. The third kappa shape index (κ3) is 3.06. The van der Waals surface area contributed by atoms with Crippen LogP contribution in [0.1, 0.15) is 11.4 Å². The van der Waals surface area contributed by atoms with Gasteiger partial charge in [0.05, 0.1) is 20.2 Å². The molecule has 0 unspecified atom stereocenters. The maximum absolute atomic E-state index is 11.8. The number of ether oxygens (including phenoxy) is 1. The molecule has 6 nitrogen and oxygen atoms in total. The summed E-state index contributed by atoms with van der Waals surface area (Å²) in [6, 6.07) is 12.9. The van der Waals surface area contributed by atoms with Crippen molar-refractivity contribution >= 4 is 0 Å². The highest BCUT2D eigenvalue weighted by Gasteiger charge is 2.07. The summed E-state index contributed by atoms with van der Waals surface area (Å²) in [5.41, 5.74) is 1.00. The van der Waals surface area contributed by atoms with Crippen molar-refractivity contribution < 1.29 is 4.74 Å². The third-order valence-electron chi connectivity index (χ3n) is 3.37. The first-order valence-corrected chi connectivity index (χ1v) is 6.91. The molecule has 0 bridgehead atoms. The van der Waals surface area contributed by atoms with E-state index in [1.807, 2.05) is 30.3 Å². The van der Waals surface area contributed by atoms with E-state index in [2.05, 4.69) is 10.1 Å². The number of rotatable bonds is 5. The number of nitrogens with zero attached hydrogens (tertiary/aromatic N) is 4. The lowest BCUT2D eigenvalue weighted by Crippen LogP contribution is -2.21. The second-order valence-corrected chi connectivity index (χ2v) is 4.85. The fourth-order valence-corrected chi connectivity index (χ4v) is 2.23. The van der Waals surface area contributed by atoms with Crippen LogP contribution < -0.4 is 10.3 Å². The fraction of sp³-hybridized carbons (Fsp3) is 0.188. The highest BCUT2D eigenvalue weighted by atomic mass is 16.5. The van der Waals surface area contributed by atoms with E-state index in [0.717, 1.165) is 17.1 Å². The Kier molecular flexibility index (Phi) is 4.00. The van der Waals surface area contributed by atoms with Crippen LogP contribution in [0.15, 0.2) is 59.8 Å². The van der Waals surface area contributed by atoms with Gasteiger partial charge >= 0.3 is 0 Å². The zero-order valence-electron chi connectivity index (χ0n) is 12.2. The van der Waals surface area contributed by atoms with Crippen molar-refractivity contribution in [1.82, 2.24) is 19.3 Å². The Balaban J connectivity index is 1.83. The molecule has 0 spiro atoms. The molecule has 2 aromatic heterocycles. The standard InChI is InChI=1S/C16H16N4O2/c1-22-14-6-4-5-13(9-14)10-20-15(17-12-18-20)11-19-8-3-2-7-16(19)21/h2-9,12H,10-11H2,1H3. The molecule has 1 aromatic carbocycles. The van der Waals surface area contributed by atoms with Gasteiger partial charge in [-0.05, 0) is 23.8 Å². The second-order valence-electron chi connectivity index (χ2n) is 4.85. The summed E-state index contributed by atoms with van der Waals surface area (Å²) < 4.78 is 8.61. The van der Waals surface area contributed by atoms with Crippen molar-refractivity contribution in [2.45, 2.75) is 13.1 Å². The van der Waals surface area contributed by atoms with E-state index in [9.17, 15) is 4.79 Å². The molecule has 0 aliphatic rings. The average Bonchev–Trinajstić information content (AvgIpc) is 2.97. The topological polar surface area (TPSA) is 61.9 Å². The number of aromatic nitrogens is 4. The van der Waals surface area contributed by atoms with Crippen LogP contribution in [0.25, 0.3) is 0 Å². The highest BCUT2D eigenvalue weighted by Crippen LogP contribution is 2.13. The highest BCUT2D eigenvalue weighted by molar-refractivity contribution is 5.28. The molecule has 6 heteroatoms. The van der Waals surface area contributed by atoms with E-state index in [1.165, 1.54) is 12.4 Å². The minimum atomic E-state index is -0.0570. The molecule has 2 heterocycles. The van der Waals surface area contributed by atoms with E-state index in [0.29, 0.717) is 13.1 Å². The van der Waals surface area contributed by atoms with Crippen LogP contribution in [-0.4, -0.2) is 26.4 Å². The molecular weight excluding hydrogens is 280 g/mol. The molecule has 0 N–H and O–H groups in total. The average molecular weight is 296 g/mol. The largest absolute Gasteiger partial charge is 0.497 e. The van der Waals surface area contributed by atoms with Crippen molar-refractivity contribution in [2.24, 2.45) is 0 Å². The number of benzene rings is 1. The molecule has 0 aliphatic carbocycles. The van der Waals surface area contributed by atoms with Crippen molar-refractivity contribution in [2.75, 3.05) is 7.11 Å². The Morgan fingerprint density at radius 1 is 1.14 bits per heavy atom. The molecule has 0 atom stereocenters. The van der Waals surface area contributed by atoms with Gasteiger partial charge in [0, 0.05) is 12.3 Å². The third-order valence-corrected chi connectivity index (χ3v) is 3.37. The van der Waals surface area contributed by atoms with Crippen molar-refractivity contribution in [3.05, 3.63) is 76.7 Å². The summed E-state index contributed by atoms with van der Waals surface area (Å²) in [7, 11) is 1.64. The normalized spacial score (nSPS) is 10.6. The first-order valence-electron chi connectivity index (χ1n) is 6.91. The van der Waals surface area contributed by atoms with Crippen LogP contribution in [0.2, 0.25) is 0 Å². The molecule has 3 aromatic rings. The lowest BCUT2D eigenvalue weighted by atomic mass is 10.2. The van der Waals surface area contributed by atoms with Gasteiger partial charge in [0.2, 0.25) is 0 Å². The summed E-state index contributed by atoms with van der Waals surface area (Å²) in [5.74, 6) is 1.54. The Hall–Kier alpha value is -2.89. The number of hydrogen-bond donors (Lipinski definition) is 0. The molecule has 0 amide bonds. The van der Waals surface area contributed by atoms with Crippen molar-refractivity contribution in [3.63, 3.8) is 0 Å². The molecule has 0 fully saturated rings. The van der Waals surface area contributed by atoms with Crippen molar-refractivity contribution in [1.29, 1.82) is 0 Å². The lowest BCUT2D eigenvalue weighted by molar-refractivity contribution is 0.414.